The van der Waals surface area contributed by atoms with Crippen molar-refractivity contribution in [2.45, 2.75) is 146 Å². The Morgan fingerprint density at radius 3 is 1.49 bits per heavy atom. The van der Waals surface area contributed by atoms with Gasteiger partial charge >= 0.3 is 0 Å². The van der Waals surface area contributed by atoms with Crippen molar-refractivity contribution >= 4 is 54.6 Å². The summed E-state index contributed by atoms with van der Waals surface area (Å²) in [6.45, 7) is 32.2. The molecule has 0 radical (unpaired) electrons. The van der Waals surface area contributed by atoms with E-state index in [0.717, 1.165) is 35.3 Å². The summed E-state index contributed by atoms with van der Waals surface area (Å²) in [6.07, 6.45) is 16.2. The first-order chi connectivity index (χ1) is 37.0. The molecule has 0 atom stereocenters. The highest BCUT2D eigenvalue weighted by molar-refractivity contribution is 5.86. The summed E-state index contributed by atoms with van der Waals surface area (Å²) in [5.74, 6) is 2.20. The Balaban J connectivity index is 0.000000314. The van der Waals surface area contributed by atoms with Gasteiger partial charge in [0, 0.05) is 84.4 Å². The van der Waals surface area contributed by atoms with Crippen LogP contribution < -0.4 is 10.5 Å². The molecule has 0 bridgehead atoms. The van der Waals surface area contributed by atoms with E-state index >= 15 is 0 Å². The molecule has 0 fully saturated rings. The zero-order valence-corrected chi connectivity index (χ0v) is 49.8. The van der Waals surface area contributed by atoms with E-state index in [9.17, 15) is 5.21 Å². The number of amidine groups is 1. The quantitative estimate of drug-likeness (QED) is 0.0404. The second kappa shape index (κ2) is 36.6. The summed E-state index contributed by atoms with van der Waals surface area (Å²) in [5, 5.41) is 34.0. The molecule has 9 rings (SSSR count). The molecule has 78 heavy (non-hydrogen) atoms. The van der Waals surface area contributed by atoms with Crippen LogP contribution in [0.3, 0.4) is 0 Å². The molecule has 11 heteroatoms. The molecular weight excluding hydrogens is 965 g/mol. The lowest BCUT2D eigenvalue weighted by molar-refractivity contribution is -0.604. The summed E-state index contributed by atoms with van der Waals surface area (Å²) in [5.41, 5.74) is 10.4. The highest BCUT2D eigenvalue weighted by Crippen LogP contribution is 2.25. The number of fused-ring (bicyclic) bond motifs is 4. The van der Waals surface area contributed by atoms with E-state index in [2.05, 4.69) is 161 Å². The number of pyridine rings is 3. The molecule has 418 valence electrons. The maximum absolute atomic E-state index is 11.3. The van der Waals surface area contributed by atoms with Crippen molar-refractivity contribution < 1.29 is 14.2 Å². The van der Waals surface area contributed by atoms with Crippen LogP contribution in [0.5, 0.6) is 0 Å². The van der Waals surface area contributed by atoms with Gasteiger partial charge in [-0.25, -0.2) is 4.98 Å². The zero-order chi connectivity index (χ0) is 58.2. The number of hydrogen-bond acceptors (Lipinski definition) is 8. The number of nitrogens with one attached hydrogen (secondary N) is 2. The third-order valence-corrected chi connectivity index (χ3v) is 11.3. The van der Waals surface area contributed by atoms with Gasteiger partial charge in [0.05, 0.1) is 24.4 Å². The molecule has 0 spiro atoms. The van der Waals surface area contributed by atoms with Crippen molar-refractivity contribution in [2.75, 3.05) is 13.2 Å². The second-order valence-electron chi connectivity index (χ2n) is 20.9. The summed E-state index contributed by atoms with van der Waals surface area (Å²) in [6, 6.07) is 42.0. The molecule has 4 heterocycles. The first-order valence-electron chi connectivity index (χ1n) is 27.2. The van der Waals surface area contributed by atoms with E-state index in [0.29, 0.717) is 41.6 Å². The van der Waals surface area contributed by atoms with Gasteiger partial charge in [-0.3, -0.25) is 15.4 Å². The Morgan fingerprint density at radius 1 is 0.551 bits per heavy atom. The van der Waals surface area contributed by atoms with Crippen LogP contribution in [0.25, 0.3) is 43.1 Å². The van der Waals surface area contributed by atoms with Crippen molar-refractivity contribution in [3.8, 4) is 0 Å². The summed E-state index contributed by atoms with van der Waals surface area (Å²) in [7, 11) is 1.94. The van der Waals surface area contributed by atoms with Gasteiger partial charge < -0.3 is 30.4 Å². The van der Waals surface area contributed by atoms with Gasteiger partial charge in [0.25, 0.3) is 0 Å². The second-order valence-corrected chi connectivity index (χ2v) is 20.9. The number of benzene rings is 5. The number of ether oxygens (including phenoxy) is 2. The van der Waals surface area contributed by atoms with Gasteiger partial charge in [0.1, 0.15) is 0 Å². The fourth-order valence-corrected chi connectivity index (χ4v) is 7.32. The Morgan fingerprint density at radius 2 is 1.03 bits per heavy atom. The maximum Gasteiger partial charge on any atom is 0.188 e. The number of rotatable bonds is 10. The smallest absolute Gasteiger partial charge is 0.188 e. The van der Waals surface area contributed by atoms with Crippen LogP contribution in [-0.2, 0) is 16.5 Å². The molecule has 0 aliphatic heterocycles. The first kappa shape index (κ1) is 66.8. The lowest BCUT2D eigenvalue weighted by Crippen LogP contribution is -2.25. The summed E-state index contributed by atoms with van der Waals surface area (Å²) >= 11 is 0. The van der Waals surface area contributed by atoms with Crippen LogP contribution in [0.2, 0.25) is 0 Å². The number of imidazole rings is 1. The monoisotopic (exact) mass is 1060 g/mol. The van der Waals surface area contributed by atoms with Gasteiger partial charge in [0.2, 0.25) is 0 Å². The minimum Gasteiger partial charge on any atom is -0.619 e. The molecule has 0 aliphatic carbocycles. The highest BCUT2D eigenvalue weighted by atomic mass is 16.5. The SMILES string of the molecule is CC(=N)N.CC(C)=N.CC(C)OCCCOC(C)C.CC(C)c1c[n+]([O-])cc2ccccc12.CC(C)c1cc2ccccc2cn1.CC(C)c1ccc2ccccc2c1.CC(C)c1cncc2ccccc12.Cn1ccnc1. The number of aromatic nitrogens is 5. The van der Waals surface area contributed by atoms with Crippen molar-refractivity contribution in [3.05, 3.63) is 199 Å². The van der Waals surface area contributed by atoms with E-state index < -0.39 is 0 Å². The number of nitrogens with two attached hydrogens (primary N) is 1. The first-order valence-corrected chi connectivity index (χ1v) is 27.2. The molecular formula is C67H92N8O3. The zero-order valence-electron chi connectivity index (χ0n) is 49.8. The van der Waals surface area contributed by atoms with Crippen molar-refractivity contribution in [1.29, 1.82) is 10.8 Å². The van der Waals surface area contributed by atoms with Crippen molar-refractivity contribution in [1.82, 2.24) is 19.5 Å². The van der Waals surface area contributed by atoms with E-state index in [1.165, 1.54) is 61.4 Å². The lowest BCUT2D eigenvalue weighted by atomic mass is 9.99. The predicted molar refractivity (Wildman–Crippen MR) is 333 cm³/mol. The lowest BCUT2D eigenvalue weighted by Gasteiger charge is -2.09. The molecule has 0 saturated heterocycles. The molecule has 0 saturated carbocycles. The van der Waals surface area contributed by atoms with Crippen LogP contribution in [0.4, 0.5) is 0 Å². The molecule has 0 aliphatic rings. The van der Waals surface area contributed by atoms with Crippen LogP contribution in [0.1, 0.15) is 156 Å². The minimum absolute atomic E-state index is 0.167. The molecule has 5 aromatic carbocycles. The van der Waals surface area contributed by atoms with Gasteiger partial charge in [0.15, 0.2) is 12.4 Å². The van der Waals surface area contributed by atoms with Crippen LogP contribution in [0.15, 0.2) is 171 Å². The average molecular weight is 1060 g/mol. The maximum atomic E-state index is 11.3. The van der Waals surface area contributed by atoms with Crippen LogP contribution in [-0.4, -0.2) is 56.5 Å². The standard InChI is InChI=1S/C13H14.C12H13NO.2C12H13N.C9H20O2.C4H6N2.C3H7N.C2H6N2/c1-10(2)12-8-7-11-5-3-4-6-13(11)9-12;1-9(2)12-8-13(14)7-10-5-3-4-6-11(10)12;1-9(2)12-8-13-7-10-5-3-4-6-11(10)12;1-9(2)12-7-10-5-3-4-6-11(10)8-13-12;1-8(2)10-6-5-7-11-9(3)4;1-6-3-2-5-4-6;1-3(2)4;1-2(3)4/h3-10H,1-2H3;3-9H,1-2H3;2*3-9H,1-2H3;8-9H,5-7H2,1-4H3;2-4H,1H3;4H,1-2H3;1H3,(H3,3,4). The van der Waals surface area contributed by atoms with Gasteiger partial charge in [-0.15, -0.1) is 0 Å². The normalized spacial score (nSPS) is 10.4. The molecule has 0 unspecified atom stereocenters. The summed E-state index contributed by atoms with van der Waals surface area (Å²) < 4.78 is 13.5. The van der Waals surface area contributed by atoms with Crippen molar-refractivity contribution in [3.63, 3.8) is 0 Å². The van der Waals surface area contributed by atoms with Gasteiger partial charge in [-0.2, -0.15) is 4.73 Å². The fraction of sp³-hybridized carbons (Fsp3) is 0.373. The number of aryl methyl sites for hydroxylation is 1. The van der Waals surface area contributed by atoms with Crippen LogP contribution >= 0.6 is 0 Å². The predicted octanol–water partition coefficient (Wildman–Crippen LogP) is 16.9. The Bertz CT molecular complexity index is 2960. The Kier molecular flexibility index (Phi) is 31.4. The average Bonchev–Trinajstić information content (AvgIpc) is 3.90. The molecule has 4 N–H and O–H groups in total. The van der Waals surface area contributed by atoms with E-state index in [4.69, 9.17) is 26.0 Å². The highest BCUT2D eigenvalue weighted by Gasteiger charge is 2.10. The van der Waals surface area contributed by atoms with Crippen LogP contribution in [0, 0.1) is 16.0 Å². The Labute approximate surface area is 467 Å². The molecule has 11 nitrogen and oxygen atoms in total. The summed E-state index contributed by atoms with van der Waals surface area (Å²) in [4.78, 5) is 12.4. The van der Waals surface area contributed by atoms with E-state index in [-0.39, 0.29) is 5.84 Å². The number of nitrogens with zero attached hydrogens (tertiary/aromatic N) is 5. The largest absolute Gasteiger partial charge is 0.619 e. The van der Waals surface area contributed by atoms with Crippen molar-refractivity contribution in [2.24, 2.45) is 12.8 Å². The third kappa shape index (κ3) is 27.1. The molecule has 4 aromatic heterocycles. The third-order valence-electron chi connectivity index (χ3n) is 11.3. The molecule has 0 amide bonds. The minimum atomic E-state index is 0.167. The molecule has 9 aromatic rings. The van der Waals surface area contributed by atoms with Gasteiger partial charge in [-0.1, -0.05) is 165 Å². The Hall–Kier alpha value is -7.34. The van der Waals surface area contributed by atoms with E-state index in [1.807, 2.05) is 94.4 Å². The number of hydrogen-bond donors (Lipinski definition) is 3. The topological polar surface area (TPSA) is 163 Å². The fourth-order valence-electron chi connectivity index (χ4n) is 7.32. The van der Waals surface area contributed by atoms with E-state index in [1.54, 1.807) is 38.8 Å². The van der Waals surface area contributed by atoms with Gasteiger partial charge in [-0.05, 0) is 129 Å².